The number of nitrogens with zero attached hydrogens (tertiary/aromatic N) is 3. The second kappa shape index (κ2) is 6.38. The van der Waals surface area contributed by atoms with Crippen molar-refractivity contribution < 1.29 is 14.6 Å². The highest BCUT2D eigenvalue weighted by Gasteiger charge is 2.45. The number of imidazole rings is 1. The van der Waals surface area contributed by atoms with Crippen LogP contribution in [0.1, 0.15) is 44.9 Å². The molecule has 122 valence electrons. The van der Waals surface area contributed by atoms with E-state index < -0.39 is 5.97 Å². The van der Waals surface area contributed by atoms with Crippen molar-refractivity contribution in [1.29, 1.82) is 0 Å². The molecule has 1 aromatic rings. The molecule has 1 N–H and O–H groups in total. The van der Waals surface area contributed by atoms with Gasteiger partial charge in [0.05, 0.1) is 24.7 Å². The van der Waals surface area contributed by atoms with Gasteiger partial charge < -0.3 is 14.4 Å². The van der Waals surface area contributed by atoms with Crippen LogP contribution in [-0.2, 0) is 22.6 Å². The Morgan fingerprint density at radius 2 is 2.36 bits per heavy atom. The maximum Gasteiger partial charge on any atom is 0.306 e. The fourth-order valence-electron chi connectivity index (χ4n) is 3.59. The van der Waals surface area contributed by atoms with Gasteiger partial charge in [-0.15, -0.1) is 0 Å². The molecule has 1 saturated heterocycles. The summed E-state index contributed by atoms with van der Waals surface area (Å²) in [4.78, 5) is 17.8. The van der Waals surface area contributed by atoms with Crippen LogP contribution in [0.3, 0.4) is 0 Å². The molecular formula is C16H25N3O3. The Balaban J connectivity index is 1.68. The molecule has 0 bridgehead atoms. The summed E-state index contributed by atoms with van der Waals surface area (Å²) < 4.78 is 8.29. The Morgan fingerprint density at radius 3 is 3.00 bits per heavy atom. The van der Waals surface area contributed by atoms with Crippen LogP contribution in [-0.4, -0.2) is 50.3 Å². The van der Waals surface area contributed by atoms with Crippen molar-refractivity contribution in [3.8, 4) is 0 Å². The van der Waals surface area contributed by atoms with Crippen LogP contribution in [0, 0.1) is 0 Å². The van der Waals surface area contributed by atoms with Crippen molar-refractivity contribution in [2.24, 2.45) is 0 Å². The fourth-order valence-corrected chi connectivity index (χ4v) is 3.59. The molecule has 3 rings (SSSR count). The summed E-state index contributed by atoms with van der Waals surface area (Å²) in [6, 6.07) is 0. The molecule has 1 aliphatic heterocycles. The first-order valence-corrected chi connectivity index (χ1v) is 8.22. The van der Waals surface area contributed by atoms with Gasteiger partial charge in [0.1, 0.15) is 5.82 Å². The van der Waals surface area contributed by atoms with E-state index in [4.69, 9.17) is 9.84 Å². The minimum absolute atomic E-state index is 0.0850. The Kier molecular flexibility index (Phi) is 4.49. The monoisotopic (exact) mass is 307 g/mol. The van der Waals surface area contributed by atoms with Crippen LogP contribution in [0.2, 0.25) is 0 Å². The summed E-state index contributed by atoms with van der Waals surface area (Å²) in [5, 5.41) is 9.07. The Morgan fingerprint density at radius 1 is 1.55 bits per heavy atom. The van der Waals surface area contributed by atoms with E-state index >= 15 is 0 Å². The van der Waals surface area contributed by atoms with Gasteiger partial charge in [-0.3, -0.25) is 9.69 Å². The molecule has 6 heteroatoms. The lowest BCUT2D eigenvalue weighted by atomic mass is 9.78. The van der Waals surface area contributed by atoms with Gasteiger partial charge in [-0.1, -0.05) is 6.92 Å². The Labute approximate surface area is 131 Å². The van der Waals surface area contributed by atoms with Gasteiger partial charge in [-0.2, -0.15) is 0 Å². The van der Waals surface area contributed by atoms with Crippen molar-refractivity contribution in [2.75, 3.05) is 13.1 Å². The summed E-state index contributed by atoms with van der Waals surface area (Å²) in [6.45, 7) is 5.47. The SMILES string of the molecule is CCCn1ccnc1CN1CC(CC(=O)O)OC2(CCC2)C1. The highest BCUT2D eigenvalue weighted by Crippen LogP contribution is 2.40. The molecule has 6 nitrogen and oxygen atoms in total. The third-order valence-electron chi connectivity index (χ3n) is 4.69. The average Bonchev–Trinajstić information content (AvgIpc) is 2.84. The maximum atomic E-state index is 11.0. The van der Waals surface area contributed by atoms with Crippen LogP contribution in [0.4, 0.5) is 0 Å². The lowest BCUT2D eigenvalue weighted by molar-refractivity contribution is -0.197. The second-order valence-corrected chi connectivity index (χ2v) is 6.58. The number of aromatic nitrogens is 2. The van der Waals surface area contributed by atoms with Crippen molar-refractivity contribution >= 4 is 5.97 Å². The van der Waals surface area contributed by atoms with Gasteiger partial charge in [-0.05, 0) is 25.7 Å². The van der Waals surface area contributed by atoms with Crippen LogP contribution in [0.15, 0.2) is 12.4 Å². The summed E-state index contributed by atoms with van der Waals surface area (Å²) >= 11 is 0. The summed E-state index contributed by atoms with van der Waals surface area (Å²) in [5.74, 6) is 0.279. The number of morpholine rings is 1. The van der Waals surface area contributed by atoms with Crippen molar-refractivity contribution in [2.45, 2.75) is 63.8 Å². The molecular weight excluding hydrogens is 282 g/mol. The first kappa shape index (κ1) is 15.5. The number of rotatable bonds is 6. The van der Waals surface area contributed by atoms with E-state index in [1.165, 1.54) is 6.42 Å². The molecule has 0 amide bonds. The fraction of sp³-hybridized carbons (Fsp3) is 0.750. The molecule has 1 unspecified atom stereocenters. The zero-order valence-corrected chi connectivity index (χ0v) is 13.2. The third kappa shape index (κ3) is 3.33. The maximum absolute atomic E-state index is 11.0. The number of aliphatic carboxylic acids is 1. The molecule has 1 spiro atoms. The second-order valence-electron chi connectivity index (χ2n) is 6.58. The lowest BCUT2D eigenvalue weighted by Crippen LogP contribution is -2.59. The lowest BCUT2D eigenvalue weighted by Gasteiger charge is -2.51. The Hall–Kier alpha value is -1.40. The Bertz CT molecular complexity index is 524. The van der Waals surface area contributed by atoms with E-state index in [1.807, 2.05) is 12.4 Å². The van der Waals surface area contributed by atoms with Gasteiger partial charge in [0, 0.05) is 32.0 Å². The number of carbonyl (C=O) groups is 1. The first-order valence-electron chi connectivity index (χ1n) is 8.22. The number of hydrogen-bond donors (Lipinski definition) is 1. The largest absolute Gasteiger partial charge is 0.481 e. The van der Waals surface area contributed by atoms with Gasteiger partial charge in [0.2, 0.25) is 0 Å². The minimum atomic E-state index is -0.784. The number of carboxylic acids is 1. The zero-order valence-electron chi connectivity index (χ0n) is 13.2. The van der Waals surface area contributed by atoms with Crippen LogP contribution < -0.4 is 0 Å². The molecule has 2 fully saturated rings. The van der Waals surface area contributed by atoms with Crippen molar-refractivity contribution in [3.63, 3.8) is 0 Å². The van der Waals surface area contributed by atoms with E-state index in [1.54, 1.807) is 0 Å². The molecule has 0 aromatic carbocycles. The normalized spacial score (nSPS) is 24.3. The standard InChI is InChI=1S/C16H25N3O3/c1-2-7-19-8-6-17-14(19)11-18-10-13(9-15(20)21)22-16(12-18)4-3-5-16/h6,8,13H,2-5,7,9-12H2,1H3,(H,20,21). The molecule has 1 saturated carbocycles. The topological polar surface area (TPSA) is 67.6 Å². The highest BCUT2D eigenvalue weighted by atomic mass is 16.5. The van der Waals surface area contributed by atoms with Gasteiger partial charge >= 0.3 is 5.97 Å². The first-order chi connectivity index (χ1) is 10.6. The van der Waals surface area contributed by atoms with Crippen molar-refractivity contribution in [3.05, 3.63) is 18.2 Å². The van der Waals surface area contributed by atoms with E-state index in [0.29, 0.717) is 6.54 Å². The van der Waals surface area contributed by atoms with E-state index in [-0.39, 0.29) is 18.1 Å². The molecule has 2 aliphatic rings. The predicted molar refractivity (Wildman–Crippen MR) is 81.5 cm³/mol. The number of hydrogen-bond acceptors (Lipinski definition) is 4. The number of carboxylic acid groups (broad SMARTS) is 1. The van der Waals surface area contributed by atoms with Gasteiger partial charge in [0.25, 0.3) is 0 Å². The van der Waals surface area contributed by atoms with E-state index in [0.717, 1.165) is 44.7 Å². The van der Waals surface area contributed by atoms with E-state index in [2.05, 4.69) is 21.4 Å². The molecule has 22 heavy (non-hydrogen) atoms. The summed E-state index contributed by atoms with van der Waals surface area (Å²) in [5.41, 5.74) is -0.111. The minimum Gasteiger partial charge on any atom is -0.481 e. The summed E-state index contributed by atoms with van der Waals surface area (Å²) in [7, 11) is 0. The quantitative estimate of drug-likeness (QED) is 0.869. The molecule has 2 heterocycles. The number of ether oxygens (including phenoxy) is 1. The molecule has 1 aliphatic carbocycles. The van der Waals surface area contributed by atoms with Gasteiger partial charge in [-0.25, -0.2) is 4.98 Å². The average molecular weight is 307 g/mol. The zero-order chi connectivity index (χ0) is 15.6. The molecule has 0 radical (unpaired) electrons. The van der Waals surface area contributed by atoms with Crippen LogP contribution in [0.5, 0.6) is 0 Å². The molecule has 1 aromatic heterocycles. The van der Waals surface area contributed by atoms with E-state index in [9.17, 15) is 4.79 Å². The molecule has 1 atom stereocenters. The van der Waals surface area contributed by atoms with Crippen LogP contribution in [0.25, 0.3) is 0 Å². The predicted octanol–water partition coefficient (Wildman–Crippen LogP) is 1.89. The van der Waals surface area contributed by atoms with Crippen LogP contribution >= 0.6 is 0 Å². The summed E-state index contributed by atoms with van der Waals surface area (Å²) in [6.07, 6.45) is 8.09. The number of aryl methyl sites for hydroxylation is 1. The highest BCUT2D eigenvalue weighted by molar-refractivity contribution is 5.67. The van der Waals surface area contributed by atoms with Gasteiger partial charge in [0.15, 0.2) is 0 Å². The van der Waals surface area contributed by atoms with Crippen molar-refractivity contribution in [1.82, 2.24) is 14.5 Å². The smallest absolute Gasteiger partial charge is 0.306 e. The third-order valence-corrected chi connectivity index (χ3v) is 4.69.